The maximum atomic E-state index is 12.6. The van der Waals surface area contributed by atoms with Gasteiger partial charge in [-0.15, -0.1) is 0 Å². The molecule has 8 heteroatoms. The molecule has 8 nitrogen and oxygen atoms in total. The van der Waals surface area contributed by atoms with E-state index < -0.39 is 18.1 Å². The second-order valence-corrected chi connectivity index (χ2v) is 15.6. The zero-order valence-corrected chi connectivity index (χ0v) is 34.5. The van der Waals surface area contributed by atoms with E-state index in [0.29, 0.717) is 19.3 Å². The average Bonchev–Trinajstić information content (AvgIpc) is 3.09. The molecule has 0 aromatic heterocycles. The number of esters is 2. The minimum absolute atomic E-state index is 0.0501. The molecule has 0 amide bonds. The summed E-state index contributed by atoms with van der Waals surface area (Å²) in [5.41, 5.74) is 0. The van der Waals surface area contributed by atoms with Crippen molar-refractivity contribution >= 4 is 17.9 Å². The standard InChI is InChI=1S/C44H81NO7/c1-6-8-10-12-13-14-15-16-17-18-19-20-21-22-23-24-25-26-27-28-29-31-33-35-43(47)52-40(39-51-42(46)34-32-30-11-9-7-2)38-50-37-36-41(44(48)49)45(3,4)5/h15-16,18-19,40-41H,6-14,17,20-39H2,1-5H3/p+1/b16-15-,19-18-. The van der Waals surface area contributed by atoms with E-state index in [1.54, 1.807) is 0 Å². The third kappa shape index (κ3) is 33.6. The molecule has 0 aromatic rings. The first-order chi connectivity index (χ1) is 25.1. The number of rotatable bonds is 38. The van der Waals surface area contributed by atoms with Crippen molar-refractivity contribution in [2.24, 2.45) is 0 Å². The molecule has 2 atom stereocenters. The monoisotopic (exact) mass is 737 g/mol. The molecule has 1 N–H and O–H groups in total. The van der Waals surface area contributed by atoms with E-state index in [1.807, 2.05) is 21.1 Å². The molecule has 304 valence electrons. The topological polar surface area (TPSA) is 99.1 Å². The summed E-state index contributed by atoms with van der Waals surface area (Å²) >= 11 is 0. The van der Waals surface area contributed by atoms with Crippen LogP contribution in [0.1, 0.15) is 187 Å². The SMILES string of the molecule is CCCCCCC/C=C\C/C=C\CCCCCCCCCCCCCC(=O)OC(COCCC(C(=O)O)[N+](C)(C)C)COC(=O)CCCCCCC. The van der Waals surface area contributed by atoms with Crippen LogP contribution in [0.25, 0.3) is 0 Å². The molecule has 0 aliphatic heterocycles. The van der Waals surface area contributed by atoms with Gasteiger partial charge in [0.1, 0.15) is 6.61 Å². The van der Waals surface area contributed by atoms with Crippen molar-refractivity contribution < 1.29 is 38.2 Å². The molecule has 0 rings (SSSR count). The Morgan fingerprint density at radius 1 is 0.577 bits per heavy atom. The minimum atomic E-state index is -0.876. The van der Waals surface area contributed by atoms with Crippen LogP contribution < -0.4 is 0 Å². The number of aliphatic carboxylic acids is 1. The summed E-state index contributed by atoms with van der Waals surface area (Å²) in [4.78, 5) is 36.6. The zero-order valence-electron chi connectivity index (χ0n) is 34.5. The van der Waals surface area contributed by atoms with Gasteiger partial charge in [0.15, 0.2) is 12.1 Å². The number of hydrogen-bond donors (Lipinski definition) is 1. The Kier molecular flexibility index (Phi) is 34.3. The second kappa shape index (κ2) is 35.8. The molecule has 0 bridgehead atoms. The summed E-state index contributed by atoms with van der Waals surface area (Å²) in [6.07, 6.45) is 38.3. The molecule has 0 radical (unpaired) electrons. The smallest absolute Gasteiger partial charge is 0.362 e. The molecule has 0 spiro atoms. The predicted octanol–water partition coefficient (Wildman–Crippen LogP) is 11.3. The van der Waals surface area contributed by atoms with E-state index in [-0.39, 0.29) is 36.2 Å². The Labute approximate surface area is 320 Å². The van der Waals surface area contributed by atoms with Crippen molar-refractivity contribution in [3.05, 3.63) is 24.3 Å². The van der Waals surface area contributed by atoms with Crippen LogP contribution in [0.2, 0.25) is 0 Å². The van der Waals surface area contributed by atoms with Crippen molar-refractivity contribution in [2.45, 2.75) is 199 Å². The third-order valence-corrected chi connectivity index (χ3v) is 9.60. The van der Waals surface area contributed by atoms with E-state index in [0.717, 1.165) is 57.8 Å². The van der Waals surface area contributed by atoms with Crippen molar-refractivity contribution in [1.82, 2.24) is 0 Å². The van der Waals surface area contributed by atoms with Gasteiger partial charge in [0.2, 0.25) is 0 Å². The Hall–Kier alpha value is -2.19. The molecule has 0 aliphatic carbocycles. The lowest BCUT2D eigenvalue weighted by atomic mass is 10.0. The Morgan fingerprint density at radius 3 is 1.48 bits per heavy atom. The largest absolute Gasteiger partial charge is 0.477 e. The maximum absolute atomic E-state index is 12.6. The number of hydrogen-bond acceptors (Lipinski definition) is 6. The van der Waals surface area contributed by atoms with Gasteiger partial charge in [-0.05, 0) is 44.9 Å². The van der Waals surface area contributed by atoms with Gasteiger partial charge in [-0.2, -0.15) is 0 Å². The number of allylic oxidation sites excluding steroid dienone is 4. The zero-order chi connectivity index (χ0) is 38.5. The molecule has 0 fully saturated rings. The molecular weight excluding hydrogens is 654 g/mol. The quantitative estimate of drug-likeness (QED) is 0.0291. The first-order valence-corrected chi connectivity index (χ1v) is 21.4. The van der Waals surface area contributed by atoms with Gasteiger partial charge in [-0.1, -0.05) is 147 Å². The third-order valence-electron chi connectivity index (χ3n) is 9.60. The molecule has 0 heterocycles. The van der Waals surface area contributed by atoms with Crippen LogP contribution in [-0.4, -0.2) is 80.6 Å². The number of carboxylic acid groups (broad SMARTS) is 1. The van der Waals surface area contributed by atoms with Crippen molar-refractivity contribution in [2.75, 3.05) is 41.0 Å². The van der Waals surface area contributed by atoms with Crippen LogP contribution >= 0.6 is 0 Å². The van der Waals surface area contributed by atoms with Crippen LogP contribution in [0.5, 0.6) is 0 Å². The minimum Gasteiger partial charge on any atom is -0.477 e. The van der Waals surface area contributed by atoms with Gasteiger partial charge in [-0.25, -0.2) is 4.79 Å². The first kappa shape index (κ1) is 49.8. The summed E-state index contributed by atoms with van der Waals surface area (Å²) in [6.45, 7) is 4.64. The predicted molar refractivity (Wildman–Crippen MR) is 215 cm³/mol. The summed E-state index contributed by atoms with van der Waals surface area (Å²) < 4.78 is 17.1. The highest BCUT2D eigenvalue weighted by molar-refractivity contribution is 5.72. The second-order valence-electron chi connectivity index (χ2n) is 15.6. The van der Waals surface area contributed by atoms with E-state index in [2.05, 4.69) is 38.2 Å². The van der Waals surface area contributed by atoms with Gasteiger partial charge in [0, 0.05) is 19.3 Å². The molecule has 0 saturated carbocycles. The van der Waals surface area contributed by atoms with Crippen LogP contribution in [0.4, 0.5) is 0 Å². The van der Waals surface area contributed by atoms with Crippen LogP contribution in [0.3, 0.4) is 0 Å². The fourth-order valence-electron chi connectivity index (χ4n) is 6.24. The van der Waals surface area contributed by atoms with Crippen molar-refractivity contribution in [3.63, 3.8) is 0 Å². The van der Waals surface area contributed by atoms with Crippen LogP contribution in [0.15, 0.2) is 24.3 Å². The highest BCUT2D eigenvalue weighted by atomic mass is 16.6. The number of likely N-dealkylation sites (N-methyl/N-ethyl adjacent to an activating group) is 1. The van der Waals surface area contributed by atoms with Crippen molar-refractivity contribution in [1.29, 1.82) is 0 Å². The van der Waals surface area contributed by atoms with Gasteiger partial charge >= 0.3 is 17.9 Å². The Balaban J connectivity index is 4.09. The van der Waals surface area contributed by atoms with Gasteiger partial charge < -0.3 is 23.8 Å². The summed E-state index contributed by atoms with van der Waals surface area (Å²) in [7, 11) is 5.51. The lowest BCUT2D eigenvalue weighted by Gasteiger charge is -2.31. The summed E-state index contributed by atoms with van der Waals surface area (Å²) in [5.74, 6) is -1.48. The lowest BCUT2D eigenvalue weighted by molar-refractivity contribution is -0.887. The number of carbonyl (C=O) groups excluding carboxylic acids is 2. The Morgan fingerprint density at radius 2 is 1.02 bits per heavy atom. The van der Waals surface area contributed by atoms with Crippen LogP contribution in [0, 0.1) is 0 Å². The Bertz CT molecular complexity index is 911. The van der Waals surface area contributed by atoms with Gasteiger partial charge in [-0.3, -0.25) is 9.59 Å². The number of ether oxygens (including phenoxy) is 3. The fraction of sp³-hybridized carbons (Fsp3) is 0.841. The van der Waals surface area contributed by atoms with Crippen LogP contribution in [-0.2, 0) is 28.6 Å². The molecule has 0 aromatic carbocycles. The lowest BCUT2D eigenvalue weighted by Crippen LogP contribution is -2.50. The molecular formula is C44H82NO7+. The van der Waals surface area contributed by atoms with Gasteiger partial charge in [0.25, 0.3) is 0 Å². The fourth-order valence-corrected chi connectivity index (χ4v) is 6.24. The van der Waals surface area contributed by atoms with E-state index in [1.165, 1.54) is 96.3 Å². The normalized spacial score (nSPS) is 13.2. The average molecular weight is 737 g/mol. The van der Waals surface area contributed by atoms with Gasteiger partial charge in [0.05, 0.1) is 34.4 Å². The number of quaternary nitrogens is 1. The van der Waals surface area contributed by atoms with E-state index in [9.17, 15) is 19.5 Å². The van der Waals surface area contributed by atoms with E-state index >= 15 is 0 Å². The number of carbonyl (C=O) groups is 3. The number of nitrogens with zero attached hydrogens (tertiary/aromatic N) is 1. The molecule has 52 heavy (non-hydrogen) atoms. The van der Waals surface area contributed by atoms with Crippen molar-refractivity contribution in [3.8, 4) is 0 Å². The maximum Gasteiger partial charge on any atom is 0.362 e. The molecule has 0 saturated heterocycles. The molecule has 0 aliphatic rings. The summed E-state index contributed by atoms with van der Waals surface area (Å²) in [5, 5.41) is 9.57. The van der Waals surface area contributed by atoms with E-state index in [4.69, 9.17) is 14.2 Å². The molecule has 2 unspecified atom stereocenters. The highest BCUT2D eigenvalue weighted by Crippen LogP contribution is 2.14. The highest BCUT2D eigenvalue weighted by Gasteiger charge is 2.31. The number of unbranched alkanes of at least 4 members (excludes halogenated alkanes) is 20. The number of carboxylic acids is 1. The first-order valence-electron chi connectivity index (χ1n) is 21.4. The summed E-state index contributed by atoms with van der Waals surface area (Å²) in [6, 6.07) is -0.610.